The van der Waals surface area contributed by atoms with Gasteiger partial charge in [0.1, 0.15) is 12.2 Å². The molecule has 1 fully saturated rings. The highest BCUT2D eigenvalue weighted by Crippen LogP contribution is 2.35. The lowest BCUT2D eigenvalue weighted by Crippen LogP contribution is -2.39. The molecule has 2 atom stereocenters. The van der Waals surface area contributed by atoms with Crippen LogP contribution in [0.1, 0.15) is 79.6 Å². The van der Waals surface area contributed by atoms with E-state index >= 15 is 0 Å². The van der Waals surface area contributed by atoms with Crippen LogP contribution in [0.15, 0.2) is 0 Å². The van der Waals surface area contributed by atoms with Crippen molar-refractivity contribution in [1.29, 1.82) is 0 Å². The quantitative estimate of drug-likeness (QED) is 0.542. The first-order valence-corrected chi connectivity index (χ1v) is 8.78. The van der Waals surface area contributed by atoms with E-state index in [0.29, 0.717) is 0 Å². The van der Waals surface area contributed by atoms with Crippen molar-refractivity contribution in [3.63, 3.8) is 0 Å². The Morgan fingerprint density at radius 2 is 1.82 bits per heavy atom. The minimum Gasteiger partial charge on any atom is -0.457 e. The molecule has 0 radical (unpaired) electrons. The largest absolute Gasteiger partial charge is 0.457 e. The van der Waals surface area contributed by atoms with Crippen LogP contribution >= 0.6 is 0 Å². The van der Waals surface area contributed by atoms with E-state index in [1.807, 2.05) is 6.92 Å². The third-order valence-corrected chi connectivity index (χ3v) is 5.68. The maximum absolute atomic E-state index is 12.1. The van der Waals surface area contributed by atoms with Gasteiger partial charge in [-0.15, -0.1) is 0 Å². The monoisotopic (exact) mass is 314 g/mol. The van der Waals surface area contributed by atoms with Crippen LogP contribution in [-0.4, -0.2) is 29.6 Å². The zero-order valence-corrected chi connectivity index (χ0v) is 15.0. The zero-order valence-electron chi connectivity index (χ0n) is 15.0. The fourth-order valence-corrected chi connectivity index (χ4v) is 3.00. The van der Waals surface area contributed by atoms with E-state index in [2.05, 4.69) is 27.7 Å². The summed E-state index contributed by atoms with van der Waals surface area (Å²) < 4.78 is 11.1. The Morgan fingerprint density at radius 3 is 2.32 bits per heavy atom. The van der Waals surface area contributed by atoms with E-state index in [1.165, 1.54) is 6.42 Å². The first-order valence-electron chi connectivity index (χ1n) is 8.78. The minimum atomic E-state index is -0.938. The van der Waals surface area contributed by atoms with Crippen LogP contribution in [-0.2, 0) is 14.3 Å². The SMILES string of the molecule is CCC1(OC(=O)COC(O)C(C)C(C)(C)CC)CCCCC1. The van der Waals surface area contributed by atoms with E-state index in [-0.39, 0.29) is 29.5 Å². The van der Waals surface area contributed by atoms with Crippen LogP contribution in [0, 0.1) is 11.3 Å². The number of rotatable bonds is 8. The van der Waals surface area contributed by atoms with Gasteiger partial charge in [-0.25, -0.2) is 4.79 Å². The molecule has 1 N–H and O–H groups in total. The number of hydrogen-bond acceptors (Lipinski definition) is 4. The molecule has 22 heavy (non-hydrogen) atoms. The van der Waals surface area contributed by atoms with Gasteiger partial charge in [-0.3, -0.25) is 0 Å². The highest BCUT2D eigenvalue weighted by Gasteiger charge is 2.35. The van der Waals surface area contributed by atoms with Crippen molar-refractivity contribution >= 4 is 5.97 Å². The molecule has 2 unspecified atom stereocenters. The van der Waals surface area contributed by atoms with Crippen LogP contribution in [0.5, 0.6) is 0 Å². The van der Waals surface area contributed by atoms with Gasteiger partial charge < -0.3 is 14.6 Å². The molecular formula is C18H34O4. The van der Waals surface area contributed by atoms with Gasteiger partial charge in [0, 0.05) is 5.92 Å². The maximum atomic E-state index is 12.1. The molecule has 0 aromatic rings. The molecule has 130 valence electrons. The van der Waals surface area contributed by atoms with Crippen molar-refractivity contribution in [1.82, 2.24) is 0 Å². The number of hydrogen-bond donors (Lipinski definition) is 1. The zero-order chi connectivity index (χ0) is 16.8. The van der Waals surface area contributed by atoms with Crippen LogP contribution in [0.25, 0.3) is 0 Å². The summed E-state index contributed by atoms with van der Waals surface area (Å²) in [5.41, 5.74) is -0.338. The molecule has 0 aromatic heterocycles. The maximum Gasteiger partial charge on any atom is 0.332 e. The van der Waals surface area contributed by atoms with E-state index in [4.69, 9.17) is 9.47 Å². The van der Waals surface area contributed by atoms with Crippen molar-refractivity contribution in [2.45, 2.75) is 91.5 Å². The molecule has 1 saturated carbocycles. The van der Waals surface area contributed by atoms with Crippen molar-refractivity contribution in [3.05, 3.63) is 0 Å². The Bertz CT molecular complexity index is 345. The average molecular weight is 314 g/mol. The van der Waals surface area contributed by atoms with Crippen molar-refractivity contribution < 1.29 is 19.4 Å². The van der Waals surface area contributed by atoms with Gasteiger partial charge in [-0.2, -0.15) is 0 Å². The molecule has 0 amide bonds. The molecule has 0 aliphatic heterocycles. The standard InChI is InChI=1S/C18H34O4/c1-6-17(4,5)14(3)16(20)21-13-15(19)22-18(7-2)11-9-8-10-12-18/h14,16,20H,6-13H2,1-5H3. The number of esters is 1. The minimum absolute atomic E-state index is 0.0304. The molecule has 0 spiro atoms. The normalized spacial score (nSPS) is 21.2. The molecular weight excluding hydrogens is 280 g/mol. The van der Waals surface area contributed by atoms with Gasteiger partial charge in [-0.1, -0.05) is 47.5 Å². The molecule has 1 aliphatic rings. The third-order valence-electron chi connectivity index (χ3n) is 5.68. The fourth-order valence-electron chi connectivity index (χ4n) is 3.00. The van der Waals surface area contributed by atoms with Gasteiger partial charge in [0.2, 0.25) is 0 Å². The summed E-state index contributed by atoms with van der Waals surface area (Å²) in [7, 11) is 0. The third kappa shape index (κ3) is 5.24. The lowest BCUT2D eigenvalue weighted by Gasteiger charge is -2.36. The van der Waals surface area contributed by atoms with Crippen LogP contribution in [0.3, 0.4) is 0 Å². The number of ether oxygens (including phenoxy) is 2. The summed E-state index contributed by atoms with van der Waals surface area (Å²) in [6.45, 7) is 10.1. The summed E-state index contributed by atoms with van der Waals surface area (Å²) in [6.07, 6.45) is 6.19. The predicted octanol–water partition coefficient (Wildman–Crippen LogP) is 4.05. The van der Waals surface area contributed by atoms with Gasteiger partial charge in [0.25, 0.3) is 0 Å². The van der Waals surface area contributed by atoms with Gasteiger partial charge in [-0.05, 0) is 37.5 Å². The second kappa shape index (κ2) is 8.30. The predicted molar refractivity (Wildman–Crippen MR) is 87.4 cm³/mol. The summed E-state index contributed by atoms with van der Waals surface area (Å²) in [5, 5.41) is 10.1. The highest BCUT2D eigenvalue weighted by molar-refractivity contribution is 5.71. The Balaban J connectivity index is 2.45. The van der Waals surface area contributed by atoms with Gasteiger partial charge in [0.15, 0.2) is 6.29 Å². The number of carbonyl (C=O) groups excluding carboxylic acids is 1. The van der Waals surface area contributed by atoms with E-state index in [9.17, 15) is 9.90 Å². The van der Waals surface area contributed by atoms with Crippen molar-refractivity contribution in [2.24, 2.45) is 11.3 Å². The Hall–Kier alpha value is -0.610. The first kappa shape index (κ1) is 19.4. The second-order valence-electron chi connectivity index (χ2n) is 7.40. The number of carbonyl (C=O) groups is 1. The van der Waals surface area contributed by atoms with Gasteiger partial charge >= 0.3 is 5.97 Å². The van der Waals surface area contributed by atoms with Crippen LogP contribution in [0.2, 0.25) is 0 Å². The summed E-state index contributed by atoms with van der Waals surface area (Å²) in [6, 6.07) is 0. The molecule has 0 aromatic carbocycles. The van der Waals surface area contributed by atoms with E-state index in [1.54, 1.807) is 0 Å². The fraction of sp³-hybridized carbons (Fsp3) is 0.944. The number of aliphatic hydroxyl groups excluding tert-OH is 1. The summed E-state index contributed by atoms with van der Waals surface area (Å²) >= 11 is 0. The van der Waals surface area contributed by atoms with Crippen molar-refractivity contribution in [3.8, 4) is 0 Å². The van der Waals surface area contributed by atoms with Gasteiger partial charge in [0.05, 0.1) is 0 Å². The molecule has 4 nitrogen and oxygen atoms in total. The van der Waals surface area contributed by atoms with E-state index in [0.717, 1.165) is 38.5 Å². The topological polar surface area (TPSA) is 55.8 Å². The lowest BCUT2D eigenvalue weighted by atomic mass is 9.77. The molecule has 0 heterocycles. The molecule has 0 saturated heterocycles. The first-order chi connectivity index (χ1) is 10.3. The van der Waals surface area contributed by atoms with Crippen molar-refractivity contribution in [2.75, 3.05) is 6.61 Å². The Morgan fingerprint density at radius 1 is 1.23 bits per heavy atom. The molecule has 1 rings (SSSR count). The highest BCUT2D eigenvalue weighted by atomic mass is 16.6. The number of aliphatic hydroxyl groups is 1. The Kier molecular flexibility index (Phi) is 7.33. The lowest BCUT2D eigenvalue weighted by molar-refractivity contribution is -0.191. The van der Waals surface area contributed by atoms with Crippen LogP contribution in [0.4, 0.5) is 0 Å². The summed E-state index contributed by atoms with van der Waals surface area (Å²) in [5.74, 6) is -0.399. The Labute approximate surface area is 135 Å². The molecule has 0 bridgehead atoms. The second-order valence-corrected chi connectivity index (χ2v) is 7.40. The molecule has 1 aliphatic carbocycles. The van der Waals surface area contributed by atoms with Crippen LogP contribution < -0.4 is 0 Å². The molecule has 4 heteroatoms. The average Bonchev–Trinajstić information content (AvgIpc) is 2.52. The van der Waals surface area contributed by atoms with E-state index < -0.39 is 6.29 Å². The smallest absolute Gasteiger partial charge is 0.332 e. The summed E-state index contributed by atoms with van der Waals surface area (Å²) in [4.78, 5) is 12.1.